The maximum absolute atomic E-state index is 12.3. The number of carboxylic acids is 1. The Hall–Kier alpha value is -2.57. The molecule has 1 aliphatic heterocycles. The molecule has 2 rings (SSSR count). The molecule has 1 heterocycles. The number of amides is 2. The third kappa shape index (κ3) is 3.50. The summed E-state index contributed by atoms with van der Waals surface area (Å²) in [5.74, 6) is -2.88. The summed E-state index contributed by atoms with van der Waals surface area (Å²) >= 11 is 0. The van der Waals surface area contributed by atoms with Crippen molar-refractivity contribution < 1.29 is 19.5 Å². The van der Waals surface area contributed by atoms with Gasteiger partial charge in [-0.05, 0) is 18.1 Å². The number of anilines is 1. The molecule has 0 radical (unpaired) electrons. The Morgan fingerprint density at radius 2 is 2.10 bits per heavy atom. The Bertz CT molecular complexity index is 573. The minimum Gasteiger partial charge on any atom is -0.480 e. The predicted molar refractivity (Wildman–Crippen MR) is 75.7 cm³/mol. The van der Waals surface area contributed by atoms with E-state index in [9.17, 15) is 14.4 Å². The molecule has 5 N–H and O–H groups in total. The quantitative estimate of drug-likeness (QED) is 0.610. The second-order valence-corrected chi connectivity index (χ2v) is 4.93. The van der Waals surface area contributed by atoms with Crippen LogP contribution >= 0.6 is 0 Å². The first-order chi connectivity index (χ1) is 9.99. The molecule has 2 atom stereocenters. The number of carbonyl (C=O) groups excluding carboxylic acids is 2. The largest absolute Gasteiger partial charge is 0.480 e. The van der Waals surface area contributed by atoms with Gasteiger partial charge in [0.2, 0.25) is 11.8 Å². The van der Waals surface area contributed by atoms with Crippen LogP contribution in [0.5, 0.6) is 0 Å². The Kier molecular flexibility index (Phi) is 4.42. The van der Waals surface area contributed by atoms with Gasteiger partial charge in [-0.15, -0.1) is 0 Å². The van der Waals surface area contributed by atoms with E-state index < -0.39 is 36.2 Å². The van der Waals surface area contributed by atoms with Crippen molar-refractivity contribution in [2.75, 3.05) is 11.9 Å². The van der Waals surface area contributed by atoms with Crippen LogP contribution in [0.25, 0.3) is 0 Å². The zero-order valence-electron chi connectivity index (χ0n) is 11.3. The molecule has 2 amide bonds. The number of carbonyl (C=O) groups is 3. The second-order valence-electron chi connectivity index (χ2n) is 4.93. The third-order valence-electron chi connectivity index (χ3n) is 3.42. The SMILES string of the molecule is NC(=O)CC(NC(=O)C1CCNc2ccccc21)C(=O)O. The molecule has 112 valence electrons. The third-order valence-corrected chi connectivity index (χ3v) is 3.42. The van der Waals surface area contributed by atoms with Gasteiger partial charge in [-0.25, -0.2) is 4.79 Å². The van der Waals surface area contributed by atoms with Crippen LogP contribution in [0.2, 0.25) is 0 Å². The normalized spacial score (nSPS) is 18.0. The molecule has 1 aliphatic rings. The number of hydrogen-bond donors (Lipinski definition) is 4. The number of aliphatic carboxylic acids is 1. The van der Waals surface area contributed by atoms with E-state index >= 15 is 0 Å². The lowest BCUT2D eigenvalue weighted by Gasteiger charge is -2.26. The summed E-state index contributed by atoms with van der Waals surface area (Å²) in [5.41, 5.74) is 6.69. The van der Waals surface area contributed by atoms with Gasteiger partial charge < -0.3 is 21.5 Å². The van der Waals surface area contributed by atoms with E-state index in [1.54, 1.807) is 0 Å². The van der Waals surface area contributed by atoms with Crippen molar-refractivity contribution in [1.82, 2.24) is 5.32 Å². The zero-order valence-corrected chi connectivity index (χ0v) is 11.3. The van der Waals surface area contributed by atoms with Gasteiger partial charge in [0.15, 0.2) is 0 Å². The minimum absolute atomic E-state index is 0.405. The fourth-order valence-corrected chi connectivity index (χ4v) is 2.41. The fraction of sp³-hybridized carbons (Fsp3) is 0.357. The molecule has 7 heteroatoms. The van der Waals surface area contributed by atoms with Crippen LogP contribution in [0.3, 0.4) is 0 Å². The number of benzene rings is 1. The lowest BCUT2D eigenvalue weighted by atomic mass is 9.90. The Morgan fingerprint density at radius 1 is 1.38 bits per heavy atom. The van der Waals surface area contributed by atoms with Gasteiger partial charge in [0, 0.05) is 12.2 Å². The van der Waals surface area contributed by atoms with Crippen LogP contribution in [0.4, 0.5) is 5.69 Å². The topological polar surface area (TPSA) is 122 Å². The second kappa shape index (κ2) is 6.25. The Labute approximate surface area is 121 Å². The van der Waals surface area contributed by atoms with Crippen molar-refractivity contribution in [3.63, 3.8) is 0 Å². The predicted octanol–water partition coefficient (Wildman–Crippen LogP) is 0.0306. The van der Waals surface area contributed by atoms with E-state index in [0.29, 0.717) is 13.0 Å². The molecule has 0 aliphatic carbocycles. The van der Waals surface area contributed by atoms with E-state index in [0.717, 1.165) is 11.3 Å². The lowest BCUT2D eigenvalue weighted by Crippen LogP contribution is -2.45. The summed E-state index contributed by atoms with van der Waals surface area (Å²) in [6.45, 7) is 0.628. The number of nitrogens with two attached hydrogens (primary N) is 1. The molecule has 7 nitrogen and oxygen atoms in total. The highest BCUT2D eigenvalue weighted by Crippen LogP contribution is 2.31. The van der Waals surface area contributed by atoms with E-state index in [4.69, 9.17) is 10.8 Å². The maximum Gasteiger partial charge on any atom is 0.326 e. The molecule has 0 spiro atoms. The number of hydrogen-bond acceptors (Lipinski definition) is 4. The summed E-state index contributed by atoms with van der Waals surface area (Å²) in [6, 6.07) is 6.09. The smallest absolute Gasteiger partial charge is 0.326 e. The Balaban J connectivity index is 2.13. The van der Waals surface area contributed by atoms with E-state index in [-0.39, 0.29) is 0 Å². The molecule has 1 aromatic rings. The maximum atomic E-state index is 12.3. The average molecular weight is 291 g/mol. The first-order valence-corrected chi connectivity index (χ1v) is 6.63. The summed E-state index contributed by atoms with van der Waals surface area (Å²) in [6.07, 6.45) is 0.138. The molecule has 0 saturated carbocycles. The molecular weight excluding hydrogens is 274 g/mol. The number of primary amides is 1. The van der Waals surface area contributed by atoms with Crippen LogP contribution in [-0.4, -0.2) is 35.5 Å². The van der Waals surface area contributed by atoms with Gasteiger partial charge >= 0.3 is 5.97 Å². The highest BCUT2D eigenvalue weighted by Gasteiger charge is 2.30. The first-order valence-electron chi connectivity index (χ1n) is 6.63. The highest BCUT2D eigenvalue weighted by atomic mass is 16.4. The fourth-order valence-electron chi connectivity index (χ4n) is 2.41. The molecule has 21 heavy (non-hydrogen) atoms. The number of nitrogens with one attached hydrogen (secondary N) is 2. The van der Waals surface area contributed by atoms with Gasteiger partial charge in [-0.2, -0.15) is 0 Å². The zero-order chi connectivity index (χ0) is 15.4. The van der Waals surface area contributed by atoms with Crippen LogP contribution in [0.1, 0.15) is 24.3 Å². The van der Waals surface area contributed by atoms with Crippen LogP contribution in [0.15, 0.2) is 24.3 Å². The van der Waals surface area contributed by atoms with Gasteiger partial charge in [-0.1, -0.05) is 18.2 Å². The average Bonchev–Trinajstić information content (AvgIpc) is 2.45. The number of rotatable bonds is 5. The minimum atomic E-state index is -1.29. The van der Waals surface area contributed by atoms with E-state index in [1.807, 2.05) is 24.3 Å². The van der Waals surface area contributed by atoms with Crippen molar-refractivity contribution in [3.8, 4) is 0 Å². The van der Waals surface area contributed by atoms with Crippen molar-refractivity contribution in [2.45, 2.75) is 24.8 Å². The molecular formula is C14H17N3O4. The highest BCUT2D eigenvalue weighted by molar-refractivity contribution is 5.92. The van der Waals surface area contributed by atoms with Gasteiger partial charge in [0.1, 0.15) is 6.04 Å². The Morgan fingerprint density at radius 3 is 2.76 bits per heavy atom. The van der Waals surface area contributed by atoms with Crippen molar-refractivity contribution in [3.05, 3.63) is 29.8 Å². The monoisotopic (exact) mass is 291 g/mol. The van der Waals surface area contributed by atoms with Crippen molar-refractivity contribution in [1.29, 1.82) is 0 Å². The number of carboxylic acid groups (broad SMARTS) is 1. The molecule has 0 aromatic heterocycles. The molecule has 0 saturated heterocycles. The first kappa shape index (κ1) is 14.8. The van der Waals surface area contributed by atoms with E-state index in [1.165, 1.54) is 0 Å². The summed E-state index contributed by atoms with van der Waals surface area (Å²) in [7, 11) is 0. The van der Waals surface area contributed by atoms with E-state index in [2.05, 4.69) is 10.6 Å². The van der Waals surface area contributed by atoms with Gasteiger partial charge in [-0.3, -0.25) is 9.59 Å². The summed E-state index contributed by atoms with van der Waals surface area (Å²) in [4.78, 5) is 34.2. The van der Waals surface area contributed by atoms with Gasteiger partial charge in [0.05, 0.1) is 12.3 Å². The summed E-state index contributed by atoms with van der Waals surface area (Å²) in [5, 5.41) is 14.6. The van der Waals surface area contributed by atoms with Crippen molar-refractivity contribution in [2.24, 2.45) is 5.73 Å². The standard InChI is InChI=1S/C14H17N3O4/c15-12(18)7-11(14(20)21)17-13(19)9-5-6-16-10-4-2-1-3-8(9)10/h1-4,9,11,16H,5-7H2,(H2,15,18)(H,17,19)(H,20,21). The summed E-state index contributed by atoms with van der Waals surface area (Å²) < 4.78 is 0. The van der Waals surface area contributed by atoms with Crippen LogP contribution in [-0.2, 0) is 14.4 Å². The van der Waals surface area contributed by atoms with Crippen molar-refractivity contribution >= 4 is 23.5 Å². The van der Waals surface area contributed by atoms with Crippen LogP contribution < -0.4 is 16.4 Å². The molecule has 1 aromatic carbocycles. The van der Waals surface area contributed by atoms with Crippen LogP contribution in [0, 0.1) is 0 Å². The number of para-hydroxylation sites is 1. The number of fused-ring (bicyclic) bond motifs is 1. The molecule has 0 bridgehead atoms. The van der Waals surface area contributed by atoms with Gasteiger partial charge in [0.25, 0.3) is 0 Å². The molecule has 2 unspecified atom stereocenters. The lowest BCUT2D eigenvalue weighted by molar-refractivity contribution is -0.143. The molecule has 0 fully saturated rings.